The van der Waals surface area contributed by atoms with E-state index in [9.17, 15) is 13.2 Å². The van der Waals surface area contributed by atoms with Gasteiger partial charge in [-0.2, -0.15) is 16.1 Å². The van der Waals surface area contributed by atoms with E-state index < -0.39 is 16.1 Å². The van der Waals surface area contributed by atoms with E-state index in [1.807, 2.05) is 6.92 Å². The second-order valence-corrected chi connectivity index (χ2v) is 9.91. The van der Waals surface area contributed by atoms with Crippen molar-refractivity contribution in [3.63, 3.8) is 0 Å². The molecule has 0 aliphatic carbocycles. The largest absolute Gasteiger partial charge is 0.354 e. The molecule has 1 aromatic carbocycles. The van der Waals surface area contributed by atoms with E-state index in [-0.39, 0.29) is 11.7 Å². The van der Waals surface area contributed by atoms with Crippen LogP contribution in [-0.4, -0.2) is 49.3 Å². The van der Waals surface area contributed by atoms with Gasteiger partial charge in [0, 0.05) is 24.6 Å². The molecule has 26 heavy (non-hydrogen) atoms. The lowest BCUT2D eigenvalue weighted by molar-refractivity contribution is -0.125. The molecule has 1 atom stereocenters. The van der Waals surface area contributed by atoms with Gasteiger partial charge in [-0.25, -0.2) is 8.42 Å². The van der Waals surface area contributed by atoms with E-state index in [2.05, 4.69) is 36.5 Å². The zero-order chi connectivity index (χ0) is 19.0. The number of aryl methyl sites for hydroxylation is 1. The van der Waals surface area contributed by atoms with E-state index in [1.54, 1.807) is 11.8 Å². The number of sulfonamides is 1. The first-order chi connectivity index (χ1) is 12.4. The van der Waals surface area contributed by atoms with Crippen LogP contribution in [0.4, 0.5) is 0 Å². The van der Waals surface area contributed by atoms with E-state index in [0.717, 1.165) is 24.3 Å². The number of rotatable bonds is 9. The molecule has 1 N–H and O–H groups in total. The molecule has 1 aliphatic rings. The summed E-state index contributed by atoms with van der Waals surface area (Å²) in [6.07, 6.45) is 2.92. The van der Waals surface area contributed by atoms with Crippen LogP contribution in [0.3, 0.4) is 0 Å². The summed E-state index contributed by atoms with van der Waals surface area (Å²) in [5.74, 6) is 1.69. The van der Waals surface area contributed by atoms with Crippen LogP contribution < -0.4 is 5.32 Å². The number of thioether (sulfide) groups is 1. The van der Waals surface area contributed by atoms with E-state index in [4.69, 9.17) is 0 Å². The van der Waals surface area contributed by atoms with Gasteiger partial charge >= 0.3 is 0 Å². The van der Waals surface area contributed by atoms with Gasteiger partial charge in [0.2, 0.25) is 15.9 Å². The third kappa shape index (κ3) is 6.28. The highest BCUT2D eigenvalue weighted by Gasteiger charge is 2.35. The zero-order valence-electron chi connectivity index (χ0n) is 15.7. The van der Waals surface area contributed by atoms with Crippen molar-refractivity contribution in [2.24, 2.45) is 0 Å². The number of carbonyl (C=O) groups excluding carboxylic acids is 1. The van der Waals surface area contributed by atoms with E-state index >= 15 is 0 Å². The maximum absolute atomic E-state index is 12.5. The summed E-state index contributed by atoms with van der Waals surface area (Å²) in [4.78, 5) is 12.5. The Kier molecular flexibility index (Phi) is 8.44. The van der Waals surface area contributed by atoms with Gasteiger partial charge in [-0.1, -0.05) is 43.2 Å². The first kappa shape index (κ1) is 21.3. The summed E-state index contributed by atoms with van der Waals surface area (Å²) in [7, 11) is -3.34. The summed E-state index contributed by atoms with van der Waals surface area (Å²) in [5, 5.41) is 2.93. The smallest absolute Gasteiger partial charge is 0.238 e. The zero-order valence-corrected chi connectivity index (χ0v) is 17.4. The Morgan fingerprint density at radius 1 is 1.27 bits per heavy atom. The topological polar surface area (TPSA) is 66.5 Å². The fourth-order valence-electron chi connectivity index (χ4n) is 3.11. The Labute approximate surface area is 162 Å². The van der Waals surface area contributed by atoms with Crippen molar-refractivity contribution in [1.29, 1.82) is 0 Å². The highest BCUT2D eigenvalue weighted by molar-refractivity contribution is 7.98. The van der Waals surface area contributed by atoms with Gasteiger partial charge < -0.3 is 5.32 Å². The average Bonchev–Trinajstić information content (AvgIpc) is 2.63. The number of hydrogen-bond acceptors (Lipinski definition) is 4. The van der Waals surface area contributed by atoms with Gasteiger partial charge in [0.15, 0.2) is 0 Å². The van der Waals surface area contributed by atoms with Crippen molar-refractivity contribution in [3.8, 4) is 0 Å². The molecule has 1 unspecified atom stereocenters. The molecule has 1 saturated heterocycles. The molecule has 0 spiro atoms. The third-order valence-electron chi connectivity index (χ3n) is 4.51. The third-order valence-corrected chi connectivity index (χ3v) is 7.62. The SMILES string of the molecule is CCCS(=O)(=O)N1CCCCC1C(=O)NCCSCc1ccc(C)cc1. The summed E-state index contributed by atoms with van der Waals surface area (Å²) in [5.41, 5.74) is 2.53. The van der Waals surface area contributed by atoms with Crippen LogP contribution in [0.2, 0.25) is 0 Å². The standard InChI is InChI=1S/C19H30N2O3S2/c1-3-14-26(23,24)21-12-5-4-6-18(21)19(22)20-11-13-25-15-17-9-7-16(2)8-10-17/h7-10,18H,3-6,11-15H2,1-2H3,(H,20,22). The van der Waals surface area contributed by atoms with Crippen LogP contribution in [-0.2, 0) is 20.6 Å². The Bertz CT molecular complexity index is 675. The Hall–Kier alpha value is -1.05. The fraction of sp³-hybridized carbons (Fsp3) is 0.632. The van der Waals surface area contributed by atoms with Crippen molar-refractivity contribution in [2.45, 2.75) is 51.3 Å². The number of benzene rings is 1. The molecule has 0 saturated carbocycles. The number of carbonyl (C=O) groups is 1. The van der Waals surface area contributed by atoms with Gasteiger partial charge in [0.1, 0.15) is 6.04 Å². The second kappa shape index (κ2) is 10.3. The fourth-order valence-corrected chi connectivity index (χ4v) is 5.68. The number of piperidine rings is 1. The Morgan fingerprint density at radius 2 is 2.00 bits per heavy atom. The van der Waals surface area contributed by atoms with Crippen LogP contribution in [0.15, 0.2) is 24.3 Å². The average molecular weight is 399 g/mol. The predicted octanol–water partition coefficient (Wildman–Crippen LogP) is 2.94. The highest BCUT2D eigenvalue weighted by atomic mass is 32.2. The number of nitrogens with one attached hydrogen (secondary N) is 1. The lowest BCUT2D eigenvalue weighted by Gasteiger charge is -2.33. The molecule has 5 nitrogen and oxygen atoms in total. The van der Waals surface area contributed by atoms with Crippen LogP contribution in [0.1, 0.15) is 43.7 Å². The van der Waals surface area contributed by atoms with Crippen molar-refractivity contribution < 1.29 is 13.2 Å². The number of hydrogen-bond donors (Lipinski definition) is 1. The molecule has 0 aromatic heterocycles. The molecular formula is C19H30N2O3S2. The summed E-state index contributed by atoms with van der Waals surface area (Å²) < 4.78 is 26.2. The van der Waals surface area contributed by atoms with Crippen LogP contribution in [0.25, 0.3) is 0 Å². The van der Waals surface area contributed by atoms with Crippen molar-refractivity contribution >= 4 is 27.7 Å². The minimum atomic E-state index is -3.34. The second-order valence-electron chi connectivity index (χ2n) is 6.77. The lowest BCUT2D eigenvalue weighted by atomic mass is 10.0. The molecule has 2 rings (SSSR count). The molecule has 1 amide bonds. The highest BCUT2D eigenvalue weighted by Crippen LogP contribution is 2.21. The van der Waals surface area contributed by atoms with Gasteiger partial charge in [-0.15, -0.1) is 0 Å². The normalized spacial score (nSPS) is 18.6. The summed E-state index contributed by atoms with van der Waals surface area (Å²) in [6, 6.07) is 7.92. The Morgan fingerprint density at radius 3 is 2.69 bits per heavy atom. The predicted molar refractivity (Wildman–Crippen MR) is 109 cm³/mol. The quantitative estimate of drug-likeness (QED) is 0.650. The molecule has 1 heterocycles. The maximum atomic E-state index is 12.5. The monoisotopic (exact) mass is 398 g/mol. The first-order valence-electron chi connectivity index (χ1n) is 9.34. The maximum Gasteiger partial charge on any atom is 0.238 e. The summed E-state index contributed by atoms with van der Waals surface area (Å²) in [6.45, 7) is 4.94. The van der Waals surface area contributed by atoms with Crippen LogP contribution >= 0.6 is 11.8 Å². The van der Waals surface area contributed by atoms with Gasteiger partial charge in [-0.05, 0) is 31.7 Å². The van der Waals surface area contributed by atoms with E-state index in [0.29, 0.717) is 25.9 Å². The van der Waals surface area contributed by atoms with Crippen molar-refractivity contribution in [1.82, 2.24) is 9.62 Å². The van der Waals surface area contributed by atoms with Gasteiger partial charge in [-0.3, -0.25) is 4.79 Å². The molecule has 146 valence electrons. The molecule has 1 aromatic rings. The van der Waals surface area contributed by atoms with Crippen molar-refractivity contribution in [2.75, 3.05) is 24.6 Å². The lowest BCUT2D eigenvalue weighted by Crippen LogP contribution is -2.52. The molecular weight excluding hydrogens is 368 g/mol. The minimum Gasteiger partial charge on any atom is -0.354 e. The van der Waals surface area contributed by atoms with Crippen LogP contribution in [0.5, 0.6) is 0 Å². The first-order valence-corrected chi connectivity index (χ1v) is 12.1. The minimum absolute atomic E-state index is 0.114. The molecule has 1 fully saturated rings. The number of nitrogens with zero attached hydrogens (tertiary/aromatic N) is 1. The van der Waals surface area contributed by atoms with Crippen molar-refractivity contribution in [3.05, 3.63) is 35.4 Å². The molecule has 7 heteroatoms. The van der Waals surface area contributed by atoms with Gasteiger partial charge in [0.25, 0.3) is 0 Å². The summed E-state index contributed by atoms with van der Waals surface area (Å²) >= 11 is 1.77. The molecule has 0 radical (unpaired) electrons. The Balaban J connectivity index is 1.77. The molecule has 1 aliphatic heterocycles. The van der Waals surface area contributed by atoms with E-state index in [1.165, 1.54) is 15.4 Å². The molecule has 0 bridgehead atoms. The number of amides is 1. The van der Waals surface area contributed by atoms with Gasteiger partial charge in [0.05, 0.1) is 5.75 Å². The van der Waals surface area contributed by atoms with Crippen LogP contribution in [0, 0.1) is 6.92 Å².